The van der Waals surface area contributed by atoms with Crippen molar-refractivity contribution in [1.82, 2.24) is 9.55 Å². The number of aliphatic hydroxyl groups is 1. The lowest BCUT2D eigenvalue weighted by molar-refractivity contribution is 0.0705. The van der Waals surface area contributed by atoms with Crippen LogP contribution in [-0.4, -0.2) is 42.4 Å². The zero-order valence-corrected chi connectivity index (χ0v) is 18.5. The first-order valence-electron chi connectivity index (χ1n) is 9.32. The van der Waals surface area contributed by atoms with E-state index in [0.29, 0.717) is 19.6 Å². The highest BCUT2D eigenvalue weighted by Gasteiger charge is 2.24. The number of benzene rings is 1. The molecule has 1 aromatic heterocycles. The molecule has 164 valence electrons. The zero-order chi connectivity index (χ0) is 23.0. The van der Waals surface area contributed by atoms with Crippen LogP contribution in [-0.2, 0) is 26.9 Å². The summed E-state index contributed by atoms with van der Waals surface area (Å²) in [5, 5.41) is 8.61. The van der Waals surface area contributed by atoms with Crippen molar-refractivity contribution >= 4 is 16.4 Å². The van der Waals surface area contributed by atoms with Crippen LogP contribution in [0, 0.1) is 26.2 Å². The van der Waals surface area contributed by atoms with Crippen molar-refractivity contribution in [2.24, 2.45) is 0 Å². The van der Waals surface area contributed by atoms with Gasteiger partial charge in [-0.05, 0) is 25.8 Å². The predicted octanol–water partition coefficient (Wildman–Crippen LogP) is 1.45. The Kier molecular flexibility index (Phi) is 9.50. The first-order valence-corrected chi connectivity index (χ1v) is 10.4. The minimum absolute atomic E-state index is 0.116. The van der Waals surface area contributed by atoms with Gasteiger partial charge in [-0.15, -0.1) is 6.42 Å². The van der Waals surface area contributed by atoms with E-state index in [1.807, 2.05) is 19.9 Å². The van der Waals surface area contributed by atoms with E-state index in [2.05, 4.69) is 17.0 Å². The molecule has 0 amide bonds. The molecule has 11 heteroatoms. The number of aromatic amines is 1. The summed E-state index contributed by atoms with van der Waals surface area (Å²) in [6.45, 7) is 4.45. The Hall–Kier alpha value is -2.41. The number of terminal acetylenes is 1. The van der Waals surface area contributed by atoms with Crippen molar-refractivity contribution < 1.29 is 23.4 Å². The maximum Gasteiger partial charge on any atom is 0.399 e. The molecule has 3 rings (SSSR count). The molecule has 2 radical (unpaired) electrons. The molecule has 0 fully saturated rings. The Bertz CT molecular complexity index is 1050. The maximum absolute atomic E-state index is 11.4. The molecule has 2 heterocycles. The molecule has 2 aromatic rings. The van der Waals surface area contributed by atoms with Crippen LogP contribution in [0.2, 0.25) is 0 Å². The van der Waals surface area contributed by atoms with Crippen molar-refractivity contribution in [3.63, 3.8) is 0 Å². The number of rotatable bonds is 6. The third kappa shape index (κ3) is 7.06. The Morgan fingerprint density at radius 2 is 2.16 bits per heavy atom. The fourth-order valence-corrected chi connectivity index (χ4v) is 3.71. The summed E-state index contributed by atoms with van der Waals surface area (Å²) in [6.07, 6.45) is 6.90. The Morgan fingerprint density at radius 1 is 1.42 bits per heavy atom. The molecule has 0 bridgehead atoms. The van der Waals surface area contributed by atoms with Crippen LogP contribution in [0.15, 0.2) is 27.9 Å². The van der Waals surface area contributed by atoms with E-state index in [1.165, 1.54) is 23.4 Å². The highest BCUT2D eigenvalue weighted by Crippen LogP contribution is 2.48. The molecule has 2 N–H and O–H groups in total. The van der Waals surface area contributed by atoms with Gasteiger partial charge in [0.1, 0.15) is 19.2 Å². The largest absolute Gasteiger partial charge is 0.426 e. The minimum Gasteiger partial charge on any atom is -0.426 e. The maximum atomic E-state index is 11.4. The summed E-state index contributed by atoms with van der Waals surface area (Å²) in [5.74, 6) is 3.02. The van der Waals surface area contributed by atoms with Crippen LogP contribution in [0.4, 0.5) is 0 Å². The SMILES string of the molecule is Cc1cc(C)c2c(c1)COP(OCO)O2.[B][C@H](CCn1cc(C#C)c(=O)[nH]c1=O)OC. The van der Waals surface area contributed by atoms with E-state index < -0.39 is 25.9 Å². The van der Waals surface area contributed by atoms with Crippen molar-refractivity contribution in [3.05, 3.63) is 61.4 Å². The molecule has 0 saturated heterocycles. The van der Waals surface area contributed by atoms with E-state index in [-0.39, 0.29) is 12.4 Å². The van der Waals surface area contributed by atoms with Crippen LogP contribution < -0.4 is 15.8 Å². The number of hydrogen-bond donors (Lipinski definition) is 2. The molecular weight excluding hydrogens is 422 g/mol. The first kappa shape index (κ1) is 24.9. The number of fused-ring (bicyclic) bond motifs is 1. The quantitative estimate of drug-likeness (QED) is 0.299. The van der Waals surface area contributed by atoms with E-state index in [4.69, 9.17) is 37.7 Å². The van der Waals surface area contributed by atoms with E-state index >= 15 is 0 Å². The van der Waals surface area contributed by atoms with Gasteiger partial charge in [-0.1, -0.05) is 23.6 Å². The number of aliphatic hydroxyl groups excluding tert-OH is 1. The van der Waals surface area contributed by atoms with Crippen LogP contribution in [0.3, 0.4) is 0 Å². The number of nitrogens with one attached hydrogen (secondary N) is 1. The van der Waals surface area contributed by atoms with Gasteiger partial charge >= 0.3 is 14.3 Å². The fraction of sp³-hybridized carbons (Fsp3) is 0.400. The Balaban J connectivity index is 0.000000220. The van der Waals surface area contributed by atoms with Gasteiger partial charge in [0.25, 0.3) is 5.56 Å². The van der Waals surface area contributed by atoms with Crippen LogP contribution in [0.25, 0.3) is 0 Å². The summed E-state index contributed by atoms with van der Waals surface area (Å²) >= 11 is 0. The third-order valence-electron chi connectivity index (χ3n) is 4.27. The number of nitrogens with zero attached hydrogens (tertiary/aromatic N) is 1. The average molecular weight is 446 g/mol. The number of methoxy groups -OCH3 is 1. The normalized spacial score (nSPS) is 15.6. The van der Waals surface area contributed by atoms with Crippen molar-refractivity contribution in [3.8, 4) is 18.1 Å². The number of hydrogen-bond acceptors (Lipinski definition) is 7. The standard InChI is InChI=1S/C10H11BN2O3.C10H13O4P/c1-3-7-6-13(5-4-8(11)16-2)10(15)12-9(7)14;1-7-3-8(2)10-9(4-7)5-12-15(14-10)13-6-11/h1,6,8H,4-5H2,2H3,(H,12,14,15);3-4,11H,5-6H2,1-2H3/t8-;/m0./s1. The first-order chi connectivity index (χ1) is 14.8. The van der Waals surface area contributed by atoms with Gasteiger partial charge in [0.05, 0.1) is 6.61 Å². The second kappa shape index (κ2) is 11.8. The Labute approximate surface area is 182 Å². The molecule has 1 aliphatic rings. The third-order valence-corrected chi connectivity index (χ3v) is 5.27. The summed E-state index contributed by atoms with van der Waals surface area (Å²) in [4.78, 5) is 24.7. The van der Waals surface area contributed by atoms with Crippen LogP contribution >= 0.6 is 8.60 Å². The molecule has 0 aliphatic carbocycles. The average Bonchev–Trinajstić information content (AvgIpc) is 2.74. The van der Waals surface area contributed by atoms with Crippen molar-refractivity contribution in [2.75, 3.05) is 13.9 Å². The molecule has 0 saturated carbocycles. The minimum atomic E-state index is -1.43. The highest BCUT2D eigenvalue weighted by atomic mass is 31.2. The van der Waals surface area contributed by atoms with Crippen LogP contribution in [0.5, 0.6) is 5.75 Å². The molecular formula is C20H24BN2O7P. The summed E-state index contributed by atoms with van der Waals surface area (Å²) in [6, 6.07) is 3.64. The van der Waals surface area contributed by atoms with Gasteiger partial charge in [0.2, 0.25) is 0 Å². The molecule has 1 unspecified atom stereocenters. The van der Waals surface area contributed by atoms with Crippen molar-refractivity contribution in [1.29, 1.82) is 0 Å². The molecule has 9 nitrogen and oxygen atoms in total. The molecule has 0 spiro atoms. The number of H-pyrrole nitrogens is 1. The molecule has 2 atom stereocenters. The summed E-state index contributed by atoms with van der Waals surface area (Å²) < 4.78 is 21.9. The zero-order valence-electron chi connectivity index (χ0n) is 17.6. The van der Waals surface area contributed by atoms with E-state index in [1.54, 1.807) is 0 Å². The highest BCUT2D eigenvalue weighted by molar-refractivity contribution is 7.42. The lowest BCUT2D eigenvalue weighted by Gasteiger charge is -2.24. The van der Waals surface area contributed by atoms with Crippen LogP contribution in [0.1, 0.15) is 28.7 Å². The summed E-state index contributed by atoms with van der Waals surface area (Å²) in [7, 11) is 5.57. The number of aromatic nitrogens is 2. The van der Waals surface area contributed by atoms with Gasteiger partial charge in [0, 0.05) is 31.4 Å². The lowest BCUT2D eigenvalue weighted by Crippen LogP contribution is -2.32. The molecule has 1 aliphatic heterocycles. The second-order valence-electron chi connectivity index (χ2n) is 6.62. The second-order valence-corrected chi connectivity index (χ2v) is 7.77. The van der Waals surface area contributed by atoms with E-state index in [0.717, 1.165) is 16.9 Å². The van der Waals surface area contributed by atoms with Gasteiger partial charge in [0.15, 0.2) is 6.79 Å². The number of ether oxygens (including phenoxy) is 1. The fourth-order valence-electron chi connectivity index (χ4n) is 2.78. The van der Waals surface area contributed by atoms with Crippen molar-refractivity contribution in [2.45, 2.75) is 39.4 Å². The smallest absolute Gasteiger partial charge is 0.399 e. The summed E-state index contributed by atoms with van der Waals surface area (Å²) in [5.41, 5.74) is 2.35. The monoisotopic (exact) mass is 446 g/mol. The predicted molar refractivity (Wildman–Crippen MR) is 117 cm³/mol. The lowest BCUT2D eigenvalue weighted by atomic mass is 9.97. The number of aryl methyl sites for hydroxylation is 3. The van der Waals surface area contributed by atoms with Gasteiger partial charge in [-0.25, -0.2) is 4.79 Å². The van der Waals surface area contributed by atoms with E-state index in [9.17, 15) is 9.59 Å². The van der Waals surface area contributed by atoms with Gasteiger partial charge in [-0.3, -0.25) is 23.4 Å². The molecule has 31 heavy (non-hydrogen) atoms. The Morgan fingerprint density at radius 3 is 2.81 bits per heavy atom. The topological polar surface area (TPSA) is 112 Å². The van der Waals surface area contributed by atoms with Gasteiger partial charge < -0.3 is 14.4 Å². The molecule has 1 aromatic carbocycles. The van der Waals surface area contributed by atoms with Gasteiger partial charge in [-0.2, -0.15) is 0 Å².